The van der Waals surface area contributed by atoms with Crippen LogP contribution in [0.5, 0.6) is 0 Å². The SMILES string of the molecule is COCCn1c(NC(=O)C(C)C)c(NCc2ccccc2)c(=O)[nH]c1=O. The smallest absolute Gasteiger partial charge is 0.330 e. The second kappa shape index (κ2) is 9.00. The Kier molecular flexibility index (Phi) is 6.74. The molecule has 0 atom stereocenters. The van der Waals surface area contributed by atoms with E-state index in [1.165, 1.54) is 11.7 Å². The molecule has 0 aliphatic rings. The maximum atomic E-state index is 12.3. The number of ether oxygens (including phenoxy) is 1. The Balaban J connectivity index is 2.44. The number of aromatic amines is 1. The summed E-state index contributed by atoms with van der Waals surface area (Å²) < 4.78 is 6.31. The normalized spacial score (nSPS) is 10.8. The summed E-state index contributed by atoms with van der Waals surface area (Å²) in [6.07, 6.45) is 0. The van der Waals surface area contributed by atoms with E-state index in [4.69, 9.17) is 4.74 Å². The van der Waals surface area contributed by atoms with Crippen LogP contribution < -0.4 is 21.9 Å². The summed E-state index contributed by atoms with van der Waals surface area (Å²) in [7, 11) is 1.51. The van der Waals surface area contributed by atoms with Gasteiger partial charge in [-0.2, -0.15) is 0 Å². The lowest BCUT2D eigenvalue weighted by Crippen LogP contribution is -2.36. The van der Waals surface area contributed by atoms with Crippen molar-refractivity contribution in [3.05, 3.63) is 56.7 Å². The van der Waals surface area contributed by atoms with Crippen LogP contribution >= 0.6 is 0 Å². The van der Waals surface area contributed by atoms with Crippen molar-refractivity contribution in [3.8, 4) is 0 Å². The number of rotatable bonds is 8. The maximum Gasteiger partial charge on any atom is 0.330 e. The summed E-state index contributed by atoms with van der Waals surface area (Å²) in [4.78, 5) is 39.0. The summed E-state index contributed by atoms with van der Waals surface area (Å²) in [5.41, 5.74) is -0.0868. The lowest BCUT2D eigenvalue weighted by molar-refractivity contribution is -0.118. The highest BCUT2D eigenvalue weighted by molar-refractivity contribution is 5.94. The Labute approximate surface area is 151 Å². The molecule has 3 N–H and O–H groups in total. The van der Waals surface area contributed by atoms with Gasteiger partial charge < -0.3 is 15.4 Å². The number of aromatic nitrogens is 2. The van der Waals surface area contributed by atoms with Gasteiger partial charge in [-0.3, -0.25) is 19.1 Å². The van der Waals surface area contributed by atoms with Crippen molar-refractivity contribution < 1.29 is 9.53 Å². The molecule has 0 saturated carbocycles. The molecular formula is C18H24N4O4. The van der Waals surface area contributed by atoms with Gasteiger partial charge in [0.1, 0.15) is 11.5 Å². The number of anilines is 2. The average molecular weight is 360 g/mol. The van der Waals surface area contributed by atoms with Crippen LogP contribution in [0.1, 0.15) is 19.4 Å². The third kappa shape index (κ3) is 4.82. The van der Waals surface area contributed by atoms with E-state index in [0.717, 1.165) is 5.56 Å². The van der Waals surface area contributed by atoms with E-state index in [1.54, 1.807) is 13.8 Å². The first-order valence-electron chi connectivity index (χ1n) is 8.38. The number of benzene rings is 1. The van der Waals surface area contributed by atoms with Crippen LogP contribution in [0.2, 0.25) is 0 Å². The van der Waals surface area contributed by atoms with E-state index in [2.05, 4.69) is 15.6 Å². The Morgan fingerprint density at radius 1 is 1.23 bits per heavy atom. The molecule has 0 radical (unpaired) electrons. The zero-order chi connectivity index (χ0) is 19.1. The maximum absolute atomic E-state index is 12.3. The summed E-state index contributed by atoms with van der Waals surface area (Å²) in [5, 5.41) is 5.72. The number of hydrogen-bond acceptors (Lipinski definition) is 5. The Morgan fingerprint density at radius 3 is 2.54 bits per heavy atom. The summed E-state index contributed by atoms with van der Waals surface area (Å²) in [6, 6.07) is 9.50. The molecule has 1 heterocycles. The fourth-order valence-electron chi connectivity index (χ4n) is 2.31. The number of carbonyl (C=O) groups is 1. The van der Waals surface area contributed by atoms with E-state index in [1.807, 2.05) is 30.3 Å². The standard InChI is InChI=1S/C18H24N4O4/c1-12(2)16(23)20-15-14(19-11-13-7-5-4-6-8-13)17(24)21-18(25)22(15)9-10-26-3/h4-8,12,19H,9-11H2,1-3H3,(H,20,23)(H,21,24,25). The average Bonchev–Trinajstić information content (AvgIpc) is 2.61. The monoisotopic (exact) mass is 360 g/mol. The Bertz CT molecular complexity index is 856. The van der Waals surface area contributed by atoms with Gasteiger partial charge >= 0.3 is 5.69 Å². The highest BCUT2D eigenvalue weighted by Crippen LogP contribution is 2.17. The van der Waals surface area contributed by atoms with Crippen molar-refractivity contribution in [2.24, 2.45) is 5.92 Å². The van der Waals surface area contributed by atoms with Gasteiger partial charge in [-0.05, 0) is 5.56 Å². The molecule has 0 unspecified atom stereocenters. The summed E-state index contributed by atoms with van der Waals surface area (Å²) >= 11 is 0. The molecule has 2 aromatic rings. The van der Waals surface area contributed by atoms with Gasteiger partial charge in [0.25, 0.3) is 5.56 Å². The van der Waals surface area contributed by atoms with E-state index >= 15 is 0 Å². The third-order valence-electron chi connectivity index (χ3n) is 3.80. The second-order valence-corrected chi connectivity index (χ2v) is 6.11. The van der Waals surface area contributed by atoms with Crippen LogP contribution in [-0.2, 0) is 22.6 Å². The molecule has 0 bridgehead atoms. The van der Waals surface area contributed by atoms with Gasteiger partial charge in [-0.15, -0.1) is 0 Å². The van der Waals surface area contributed by atoms with Crippen LogP contribution in [0, 0.1) is 5.92 Å². The molecule has 0 saturated heterocycles. The summed E-state index contributed by atoms with van der Waals surface area (Å²) in [6.45, 7) is 4.29. The molecule has 1 aromatic carbocycles. The molecule has 0 aliphatic heterocycles. The van der Waals surface area contributed by atoms with Gasteiger partial charge in [0, 0.05) is 19.6 Å². The fourth-order valence-corrected chi connectivity index (χ4v) is 2.31. The number of carbonyl (C=O) groups excluding carboxylic acids is 1. The third-order valence-corrected chi connectivity index (χ3v) is 3.80. The van der Waals surface area contributed by atoms with E-state index < -0.39 is 11.2 Å². The van der Waals surface area contributed by atoms with Crippen LogP contribution in [0.4, 0.5) is 11.5 Å². The van der Waals surface area contributed by atoms with Crippen molar-refractivity contribution in [2.75, 3.05) is 24.4 Å². The van der Waals surface area contributed by atoms with E-state index in [0.29, 0.717) is 6.54 Å². The first-order chi connectivity index (χ1) is 12.4. The van der Waals surface area contributed by atoms with Crippen molar-refractivity contribution in [1.82, 2.24) is 9.55 Å². The van der Waals surface area contributed by atoms with E-state index in [9.17, 15) is 14.4 Å². The molecule has 8 heteroatoms. The van der Waals surface area contributed by atoms with Crippen molar-refractivity contribution in [1.29, 1.82) is 0 Å². The highest BCUT2D eigenvalue weighted by Gasteiger charge is 2.18. The predicted octanol–water partition coefficient (Wildman–Crippen LogP) is 1.39. The molecule has 0 fully saturated rings. The topological polar surface area (TPSA) is 105 Å². The first kappa shape index (κ1) is 19.5. The molecule has 0 spiro atoms. The predicted molar refractivity (Wildman–Crippen MR) is 100 cm³/mol. The number of nitrogens with zero attached hydrogens (tertiary/aromatic N) is 1. The molecule has 2 rings (SSSR count). The fraction of sp³-hybridized carbons (Fsp3) is 0.389. The minimum Gasteiger partial charge on any atom is -0.383 e. The minimum atomic E-state index is -0.601. The van der Waals surface area contributed by atoms with Crippen molar-refractivity contribution >= 4 is 17.4 Å². The molecular weight excluding hydrogens is 336 g/mol. The van der Waals surface area contributed by atoms with Crippen molar-refractivity contribution in [2.45, 2.75) is 26.9 Å². The van der Waals surface area contributed by atoms with Crippen LogP contribution in [-0.4, -0.2) is 29.2 Å². The lowest BCUT2D eigenvalue weighted by atomic mass is 10.2. The number of nitrogens with one attached hydrogen (secondary N) is 3. The molecule has 26 heavy (non-hydrogen) atoms. The Morgan fingerprint density at radius 2 is 1.92 bits per heavy atom. The first-order valence-corrected chi connectivity index (χ1v) is 8.38. The number of methoxy groups -OCH3 is 1. The second-order valence-electron chi connectivity index (χ2n) is 6.11. The molecule has 0 aliphatic carbocycles. The lowest BCUT2D eigenvalue weighted by Gasteiger charge is -2.18. The zero-order valence-electron chi connectivity index (χ0n) is 15.2. The van der Waals surface area contributed by atoms with Crippen LogP contribution in [0.25, 0.3) is 0 Å². The molecule has 8 nitrogen and oxygen atoms in total. The van der Waals surface area contributed by atoms with Crippen LogP contribution in [0.3, 0.4) is 0 Å². The van der Waals surface area contributed by atoms with Crippen molar-refractivity contribution in [3.63, 3.8) is 0 Å². The summed E-state index contributed by atoms with van der Waals surface area (Å²) in [5.74, 6) is -0.448. The number of H-pyrrole nitrogens is 1. The minimum absolute atomic E-state index is 0.138. The van der Waals surface area contributed by atoms with Gasteiger partial charge in [-0.1, -0.05) is 44.2 Å². The Hall–Kier alpha value is -2.87. The number of hydrogen-bond donors (Lipinski definition) is 3. The molecule has 1 amide bonds. The zero-order valence-corrected chi connectivity index (χ0v) is 15.2. The highest BCUT2D eigenvalue weighted by atomic mass is 16.5. The number of amides is 1. The molecule has 140 valence electrons. The van der Waals surface area contributed by atoms with Gasteiger partial charge in [0.05, 0.1) is 13.2 Å². The van der Waals surface area contributed by atoms with E-state index in [-0.39, 0.29) is 36.5 Å². The quantitative estimate of drug-likeness (QED) is 0.660. The molecule has 1 aromatic heterocycles. The van der Waals surface area contributed by atoms with Gasteiger partial charge in [0.2, 0.25) is 5.91 Å². The van der Waals surface area contributed by atoms with Crippen LogP contribution in [0.15, 0.2) is 39.9 Å². The largest absolute Gasteiger partial charge is 0.383 e. The van der Waals surface area contributed by atoms with Gasteiger partial charge in [0.15, 0.2) is 0 Å². The van der Waals surface area contributed by atoms with Gasteiger partial charge in [-0.25, -0.2) is 4.79 Å².